The van der Waals surface area contributed by atoms with Gasteiger partial charge < -0.3 is 10.5 Å². The van der Waals surface area contributed by atoms with Crippen molar-refractivity contribution in [2.24, 2.45) is 0 Å². The van der Waals surface area contributed by atoms with Gasteiger partial charge in [-0.2, -0.15) is 0 Å². The number of hydrogen-bond acceptors (Lipinski definition) is 4. The van der Waals surface area contributed by atoms with Gasteiger partial charge in [-0.25, -0.2) is 0 Å². The molecule has 0 amide bonds. The van der Waals surface area contributed by atoms with Crippen LogP contribution in [0.25, 0.3) is 0 Å². The van der Waals surface area contributed by atoms with Crippen molar-refractivity contribution in [1.29, 1.82) is 0 Å². The van der Waals surface area contributed by atoms with Crippen molar-refractivity contribution in [3.63, 3.8) is 0 Å². The van der Waals surface area contributed by atoms with Crippen LogP contribution in [0.15, 0.2) is 22.9 Å². The van der Waals surface area contributed by atoms with E-state index in [4.69, 9.17) is 5.11 Å². The first-order valence-electron chi connectivity index (χ1n) is 3.57. The fraction of sp³-hybridized carbons (Fsp3) is 0.429. The standard InChI is InChI=1S/C7H10N2OS/c10-4-6-3-7-5-11-2-1-9(7)8-6/h3,5,8,10H,1-2,4H2. The Kier molecular flexibility index (Phi) is 1.79. The maximum atomic E-state index is 8.82. The van der Waals surface area contributed by atoms with Crippen LogP contribution in [0.4, 0.5) is 0 Å². The number of thioether (sulfide) groups is 1. The summed E-state index contributed by atoms with van der Waals surface area (Å²) in [5, 5.41) is 13.0. The van der Waals surface area contributed by atoms with Gasteiger partial charge in [0.25, 0.3) is 0 Å². The molecule has 0 aromatic heterocycles. The molecular weight excluding hydrogens is 160 g/mol. The minimum Gasteiger partial charge on any atom is -0.390 e. The third kappa shape index (κ3) is 1.23. The van der Waals surface area contributed by atoms with Crippen LogP contribution in [0.2, 0.25) is 0 Å². The molecule has 2 aliphatic heterocycles. The lowest BCUT2D eigenvalue weighted by Crippen LogP contribution is -2.34. The smallest absolute Gasteiger partial charge is 0.0846 e. The zero-order chi connectivity index (χ0) is 7.68. The number of nitrogens with one attached hydrogen (secondary N) is 1. The molecule has 0 unspecified atom stereocenters. The summed E-state index contributed by atoms with van der Waals surface area (Å²) in [5.41, 5.74) is 5.16. The van der Waals surface area contributed by atoms with E-state index >= 15 is 0 Å². The molecule has 2 rings (SSSR count). The molecule has 0 radical (unpaired) electrons. The first kappa shape index (κ1) is 7.06. The van der Waals surface area contributed by atoms with E-state index in [1.54, 1.807) is 0 Å². The number of nitrogens with zero attached hydrogens (tertiary/aromatic N) is 1. The van der Waals surface area contributed by atoms with Crippen LogP contribution in [-0.2, 0) is 0 Å². The van der Waals surface area contributed by atoms with Crippen molar-refractivity contribution >= 4 is 11.8 Å². The topological polar surface area (TPSA) is 35.5 Å². The van der Waals surface area contributed by atoms with E-state index in [0.29, 0.717) is 0 Å². The summed E-state index contributed by atoms with van der Waals surface area (Å²) in [5.74, 6) is 1.11. The zero-order valence-corrected chi connectivity index (χ0v) is 6.90. The maximum absolute atomic E-state index is 8.82. The Balaban J connectivity index is 2.16. The van der Waals surface area contributed by atoms with Crippen LogP contribution in [0.5, 0.6) is 0 Å². The summed E-state index contributed by atoms with van der Waals surface area (Å²) in [7, 11) is 0. The Morgan fingerprint density at radius 3 is 3.36 bits per heavy atom. The van der Waals surface area contributed by atoms with Crippen LogP contribution in [0, 0.1) is 0 Å². The molecule has 0 fully saturated rings. The lowest BCUT2D eigenvalue weighted by molar-refractivity contribution is 0.272. The normalized spacial score (nSPS) is 22.1. The third-order valence-corrected chi connectivity index (χ3v) is 2.55. The average molecular weight is 170 g/mol. The van der Waals surface area contributed by atoms with Crippen LogP contribution >= 0.6 is 11.8 Å². The highest BCUT2D eigenvalue weighted by atomic mass is 32.2. The molecule has 0 saturated heterocycles. The molecule has 0 saturated carbocycles. The molecule has 0 aliphatic carbocycles. The van der Waals surface area contributed by atoms with Crippen LogP contribution in [0.1, 0.15) is 0 Å². The summed E-state index contributed by atoms with van der Waals surface area (Å²) in [4.78, 5) is 0. The van der Waals surface area contributed by atoms with Crippen molar-refractivity contribution in [2.45, 2.75) is 0 Å². The number of aliphatic hydroxyl groups excluding tert-OH is 1. The van der Waals surface area contributed by atoms with E-state index < -0.39 is 0 Å². The molecule has 0 atom stereocenters. The molecule has 3 nitrogen and oxygen atoms in total. The predicted octanol–water partition coefficient (Wildman–Crippen LogP) is 0.271. The Hall–Kier alpha value is -0.610. The number of allylic oxidation sites excluding steroid dienone is 1. The molecule has 2 heterocycles. The van der Waals surface area contributed by atoms with Crippen LogP contribution in [-0.4, -0.2) is 29.0 Å². The molecule has 4 heteroatoms. The van der Waals surface area contributed by atoms with Gasteiger partial charge in [0, 0.05) is 12.3 Å². The van der Waals surface area contributed by atoms with Crippen LogP contribution in [0.3, 0.4) is 0 Å². The molecule has 0 aromatic carbocycles. The monoisotopic (exact) mass is 170 g/mol. The van der Waals surface area contributed by atoms with Gasteiger partial charge in [-0.15, -0.1) is 11.8 Å². The summed E-state index contributed by atoms with van der Waals surface area (Å²) in [6.07, 6.45) is 1.98. The van der Waals surface area contributed by atoms with Gasteiger partial charge in [-0.1, -0.05) is 0 Å². The number of hydrogen-bond donors (Lipinski definition) is 2. The zero-order valence-electron chi connectivity index (χ0n) is 6.08. The quantitative estimate of drug-likeness (QED) is 0.592. The van der Waals surface area contributed by atoms with Crippen molar-refractivity contribution in [3.8, 4) is 0 Å². The Labute approximate surface area is 69.7 Å². The molecule has 0 spiro atoms. The second kappa shape index (κ2) is 2.79. The highest BCUT2D eigenvalue weighted by Gasteiger charge is 2.18. The summed E-state index contributed by atoms with van der Waals surface area (Å²) >= 11 is 1.81. The molecule has 2 aliphatic rings. The van der Waals surface area contributed by atoms with E-state index in [2.05, 4.69) is 15.8 Å². The molecule has 60 valence electrons. The molecule has 0 bridgehead atoms. The van der Waals surface area contributed by atoms with E-state index in [0.717, 1.165) is 18.0 Å². The predicted molar refractivity (Wildman–Crippen MR) is 45.6 cm³/mol. The number of hydrazine groups is 1. The van der Waals surface area contributed by atoms with Crippen LogP contribution < -0.4 is 5.43 Å². The molecule has 2 N–H and O–H groups in total. The van der Waals surface area contributed by atoms with Crippen molar-refractivity contribution < 1.29 is 5.11 Å². The van der Waals surface area contributed by atoms with Gasteiger partial charge in [0.2, 0.25) is 0 Å². The van der Waals surface area contributed by atoms with Crippen molar-refractivity contribution in [3.05, 3.63) is 22.9 Å². The fourth-order valence-corrected chi connectivity index (χ4v) is 1.95. The lowest BCUT2D eigenvalue weighted by Gasteiger charge is -2.24. The second-order valence-corrected chi connectivity index (χ2v) is 3.48. The molecule has 0 aromatic rings. The number of rotatable bonds is 1. The van der Waals surface area contributed by atoms with E-state index in [9.17, 15) is 0 Å². The third-order valence-electron chi connectivity index (χ3n) is 1.72. The van der Waals surface area contributed by atoms with Gasteiger partial charge in [0.1, 0.15) is 0 Å². The van der Waals surface area contributed by atoms with Gasteiger partial charge in [-0.3, -0.25) is 5.01 Å². The van der Waals surface area contributed by atoms with Crippen molar-refractivity contribution in [2.75, 3.05) is 18.9 Å². The first-order chi connectivity index (χ1) is 5.40. The maximum Gasteiger partial charge on any atom is 0.0846 e. The van der Waals surface area contributed by atoms with Gasteiger partial charge in [-0.05, 0) is 11.5 Å². The Morgan fingerprint density at radius 2 is 2.64 bits per heavy atom. The van der Waals surface area contributed by atoms with E-state index in [1.807, 2.05) is 17.8 Å². The Morgan fingerprint density at radius 1 is 1.73 bits per heavy atom. The minimum absolute atomic E-state index is 0.0957. The summed E-state index contributed by atoms with van der Waals surface area (Å²) in [6.45, 7) is 1.11. The summed E-state index contributed by atoms with van der Waals surface area (Å²) < 4.78 is 0. The molecule has 11 heavy (non-hydrogen) atoms. The SMILES string of the molecule is OCC1=CC2=CSCCN2N1. The average Bonchev–Trinajstić information content (AvgIpc) is 2.46. The second-order valence-electron chi connectivity index (χ2n) is 2.50. The number of fused-ring (bicyclic) bond motifs is 1. The first-order valence-corrected chi connectivity index (χ1v) is 4.62. The highest BCUT2D eigenvalue weighted by molar-refractivity contribution is 8.02. The number of aliphatic hydroxyl groups is 1. The van der Waals surface area contributed by atoms with Gasteiger partial charge in [0.05, 0.1) is 18.0 Å². The van der Waals surface area contributed by atoms with E-state index in [1.165, 1.54) is 5.70 Å². The minimum atomic E-state index is 0.0957. The molecular formula is C7H10N2OS. The summed E-state index contributed by atoms with van der Waals surface area (Å²) in [6, 6.07) is 0. The van der Waals surface area contributed by atoms with Gasteiger partial charge >= 0.3 is 0 Å². The highest BCUT2D eigenvalue weighted by Crippen LogP contribution is 2.22. The van der Waals surface area contributed by atoms with Gasteiger partial charge in [0.15, 0.2) is 0 Å². The lowest BCUT2D eigenvalue weighted by atomic mass is 10.4. The largest absolute Gasteiger partial charge is 0.390 e. The Bertz CT molecular complexity index is 224. The van der Waals surface area contributed by atoms with E-state index in [-0.39, 0.29) is 6.61 Å². The van der Waals surface area contributed by atoms with Crippen molar-refractivity contribution in [1.82, 2.24) is 10.4 Å². The fourth-order valence-electron chi connectivity index (χ4n) is 1.18.